The van der Waals surface area contributed by atoms with E-state index in [9.17, 15) is 19.7 Å². The zero-order valence-corrected chi connectivity index (χ0v) is 13.4. The van der Waals surface area contributed by atoms with Crippen LogP contribution in [0.25, 0.3) is 11.3 Å². The first-order valence-electron chi connectivity index (χ1n) is 6.79. The number of allylic oxidation sites excluding steroid dienone is 1. The number of amides is 1. The van der Waals surface area contributed by atoms with Gasteiger partial charge in [0.1, 0.15) is 0 Å². The van der Waals surface area contributed by atoms with E-state index >= 15 is 0 Å². The number of thiazole rings is 1. The lowest BCUT2D eigenvalue weighted by atomic mass is 10.1. The molecule has 0 aliphatic heterocycles. The van der Waals surface area contributed by atoms with Crippen LogP contribution in [0.5, 0.6) is 0 Å². The van der Waals surface area contributed by atoms with Crippen molar-refractivity contribution in [3.63, 3.8) is 0 Å². The minimum atomic E-state index is -0.607. The van der Waals surface area contributed by atoms with Crippen LogP contribution in [0.15, 0.2) is 41.8 Å². The molecule has 1 aromatic heterocycles. The second-order valence-electron chi connectivity index (χ2n) is 4.50. The normalized spacial score (nSPS) is 10.5. The van der Waals surface area contributed by atoms with Crippen molar-refractivity contribution in [3.8, 4) is 11.3 Å². The minimum absolute atomic E-state index is 0.0398. The van der Waals surface area contributed by atoms with E-state index in [0.29, 0.717) is 16.4 Å². The predicted octanol–water partition coefficient (Wildman–Crippen LogP) is 2.78. The van der Waals surface area contributed by atoms with Crippen molar-refractivity contribution < 1.29 is 19.2 Å². The zero-order chi connectivity index (χ0) is 17.5. The second kappa shape index (κ2) is 7.97. The number of ether oxygens (including phenoxy) is 1. The fourth-order valence-electron chi connectivity index (χ4n) is 1.72. The van der Waals surface area contributed by atoms with Gasteiger partial charge in [0.25, 0.3) is 11.6 Å². The van der Waals surface area contributed by atoms with E-state index in [0.717, 1.165) is 11.3 Å². The number of anilines is 1. The lowest BCUT2D eigenvalue weighted by Crippen LogP contribution is -2.20. The number of carbonyl (C=O) groups is 2. The molecule has 24 heavy (non-hydrogen) atoms. The molecule has 2 aromatic rings. The molecule has 1 amide bonds. The Hall–Kier alpha value is -3.07. The molecule has 0 unspecified atom stereocenters. The summed E-state index contributed by atoms with van der Waals surface area (Å²) in [5.74, 6) is -1.13. The standard InChI is InChI=1S/C15H13N3O5S/c1-2-4-14(20)23-8-13(19)17-15-16-12(9-24-15)10-5-3-6-11(7-10)18(21)22/h2-7,9H,8H2,1H3,(H,16,17,19)/b4-2+. The van der Waals surface area contributed by atoms with Crippen LogP contribution in [0.4, 0.5) is 10.8 Å². The van der Waals surface area contributed by atoms with Crippen molar-refractivity contribution in [1.29, 1.82) is 0 Å². The third-order valence-corrected chi connectivity index (χ3v) is 3.51. The van der Waals surface area contributed by atoms with E-state index in [2.05, 4.69) is 10.3 Å². The van der Waals surface area contributed by atoms with Gasteiger partial charge in [-0.25, -0.2) is 9.78 Å². The summed E-state index contributed by atoms with van der Waals surface area (Å²) in [4.78, 5) is 37.3. The maximum absolute atomic E-state index is 11.7. The summed E-state index contributed by atoms with van der Waals surface area (Å²) in [6.07, 6.45) is 2.71. The molecule has 9 heteroatoms. The lowest BCUT2D eigenvalue weighted by molar-refractivity contribution is -0.384. The zero-order valence-electron chi connectivity index (χ0n) is 12.6. The molecule has 8 nitrogen and oxygen atoms in total. The summed E-state index contributed by atoms with van der Waals surface area (Å²) in [7, 11) is 0. The topological polar surface area (TPSA) is 111 Å². The first-order chi connectivity index (χ1) is 11.5. The molecule has 0 atom stereocenters. The summed E-state index contributed by atoms with van der Waals surface area (Å²) in [6.45, 7) is 1.24. The van der Waals surface area contributed by atoms with Crippen molar-refractivity contribution in [2.75, 3.05) is 11.9 Å². The van der Waals surface area contributed by atoms with Gasteiger partial charge >= 0.3 is 5.97 Å². The molecule has 0 spiro atoms. The van der Waals surface area contributed by atoms with E-state index in [4.69, 9.17) is 4.74 Å². The van der Waals surface area contributed by atoms with Crippen LogP contribution in [-0.2, 0) is 14.3 Å². The third kappa shape index (κ3) is 4.71. The maximum atomic E-state index is 11.7. The number of nitro groups is 1. The second-order valence-corrected chi connectivity index (χ2v) is 5.36. The van der Waals surface area contributed by atoms with Crippen molar-refractivity contribution in [1.82, 2.24) is 4.98 Å². The largest absolute Gasteiger partial charge is 0.452 e. The fraction of sp³-hybridized carbons (Fsp3) is 0.133. The number of esters is 1. The van der Waals surface area contributed by atoms with Gasteiger partial charge in [0.05, 0.1) is 10.6 Å². The molecule has 1 heterocycles. The van der Waals surface area contributed by atoms with Gasteiger partial charge in [-0.15, -0.1) is 11.3 Å². The number of nitro benzene ring substituents is 1. The van der Waals surface area contributed by atoms with Crippen molar-refractivity contribution in [2.24, 2.45) is 0 Å². The summed E-state index contributed by atoms with van der Waals surface area (Å²) in [5, 5.41) is 15.3. The maximum Gasteiger partial charge on any atom is 0.330 e. The van der Waals surface area contributed by atoms with E-state index in [1.54, 1.807) is 24.4 Å². The average molecular weight is 347 g/mol. The number of hydrogen-bond donors (Lipinski definition) is 1. The van der Waals surface area contributed by atoms with Gasteiger partial charge < -0.3 is 4.74 Å². The molecule has 0 radical (unpaired) electrons. The van der Waals surface area contributed by atoms with Crippen LogP contribution < -0.4 is 5.32 Å². The van der Waals surface area contributed by atoms with Gasteiger partial charge in [-0.1, -0.05) is 18.2 Å². The van der Waals surface area contributed by atoms with Crippen molar-refractivity contribution >= 4 is 34.0 Å². The smallest absolute Gasteiger partial charge is 0.330 e. The number of aromatic nitrogens is 1. The summed E-state index contributed by atoms with van der Waals surface area (Å²) in [5.41, 5.74) is 1.03. The Balaban J connectivity index is 2.00. The van der Waals surface area contributed by atoms with Gasteiger partial charge in [-0.05, 0) is 6.92 Å². The Morgan fingerprint density at radius 3 is 2.96 bits per heavy atom. The summed E-state index contributed by atoms with van der Waals surface area (Å²) in [6, 6.07) is 6.04. The van der Waals surface area contributed by atoms with Crippen LogP contribution >= 0.6 is 11.3 Å². The molecule has 2 rings (SSSR count). The third-order valence-electron chi connectivity index (χ3n) is 2.75. The Kier molecular flexibility index (Phi) is 5.74. The fourth-order valence-corrected chi connectivity index (χ4v) is 2.45. The number of hydrogen-bond acceptors (Lipinski definition) is 7. The minimum Gasteiger partial charge on any atom is -0.452 e. The molecule has 0 aliphatic rings. The molecule has 0 aliphatic carbocycles. The lowest BCUT2D eigenvalue weighted by Gasteiger charge is -2.02. The highest BCUT2D eigenvalue weighted by atomic mass is 32.1. The molecule has 124 valence electrons. The van der Waals surface area contributed by atoms with Gasteiger partial charge in [0.15, 0.2) is 11.7 Å². The molecule has 0 saturated heterocycles. The van der Waals surface area contributed by atoms with Gasteiger partial charge in [-0.3, -0.25) is 20.2 Å². The van der Waals surface area contributed by atoms with E-state index < -0.39 is 23.4 Å². The number of benzene rings is 1. The van der Waals surface area contributed by atoms with Crippen molar-refractivity contribution in [2.45, 2.75) is 6.92 Å². The summed E-state index contributed by atoms with van der Waals surface area (Å²) >= 11 is 1.16. The Labute approximate surface area is 140 Å². The summed E-state index contributed by atoms with van der Waals surface area (Å²) < 4.78 is 4.71. The molecular formula is C15H13N3O5S. The molecule has 0 bridgehead atoms. The van der Waals surface area contributed by atoms with E-state index in [1.807, 2.05) is 0 Å². The SMILES string of the molecule is C/C=C/C(=O)OCC(=O)Nc1nc(-c2cccc([N+](=O)[O-])c2)cs1. The van der Waals surface area contributed by atoms with Crippen LogP contribution in [0.3, 0.4) is 0 Å². The van der Waals surface area contributed by atoms with Gasteiger partial charge in [-0.2, -0.15) is 0 Å². The molecular weight excluding hydrogens is 334 g/mol. The quantitative estimate of drug-likeness (QED) is 0.372. The van der Waals surface area contributed by atoms with Crippen LogP contribution in [0.1, 0.15) is 6.92 Å². The molecule has 1 aromatic carbocycles. The average Bonchev–Trinajstić information content (AvgIpc) is 3.02. The number of rotatable bonds is 6. The highest BCUT2D eigenvalue weighted by Gasteiger charge is 2.12. The van der Waals surface area contributed by atoms with Gasteiger partial charge in [0, 0.05) is 29.2 Å². The number of carbonyl (C=O) groups excluding carboxylic acids is 2. The number of nitrogens with one attached hydrogen (secondary N) is 1. The van der Waals surface area contributed by atoms with Gasteiger partial charge in [0.2, 0.25) is 0 Å². The highest BCUT2D eigenvalue weighted by Crippen LogP contribution is 2.27. The van der Waals surface area contributed by atoms with Crippen LogP contribution in [0, 0.1) is 10.1 Å². The Morgan fingerprint density at radius 1 is 1.46 bits per heavy atom. The van der Waals surface area contributed by atoms with Crippen LogP contribution in [-0.4, -0.2) is 28.4 Å². The highest BCUT2D eigenvalue weighted by molar-refractivity contribution is 7.14. The Morgan fingerprint density at radius 2 is 2.25 bits per heavy atom. The van der Waals surface area contributed by atoms with E-state index in [1.165, 1.54) is 24.3 Å². The van der Waals surface area contributed by atoms with E-state index in [-0.39, 0.29) is 5.69 Å². The number of nitrogens with zero attached hydrogens (tertiary/aromatic N) is 2. The molecule has 1 N–H and O–H groups in total. The molecule has 0 saturated carbocycles. The predicted molar refractivity (Wildman–Crippen MR) is 88.6 cm³/mol. The monoisotopic (exact) mass is 347 g/mol. The van der Waals surface area contributed by atoms with Crippen LogP contribution in [0.2, 0.25) is 0 Å². The first-order valence-corrected chi connectivity index (χ1v) is 7.67. The van der Waals surface area contributed by atoms with Crippen molar-refractivity contribution in [3.05, 3.63) is 51.9 Å². The first kappa shape index (κ1) is 17.3. The number of non-ortho nitro benzene ring substituents is 1. The molecule has 0 fully saturated rings. The Bertz CT molecular complexity index is 800.